The second-order valence-corrected chi connectivity index (χ2v) is 23.1. The molecule has 6 heteroatoms. The van der Waals surface area contributed by atoms with Gasteiger partial charge in [-0.3, -0.25) is 14.4 Å². The second-order valence-electron chi connectivity index (χ2n) is 23.1. The molecule has 0 aliphatic rings. The Morgan fingerprint density at radius 2 is 0.535 bits per heavy atom. The maximum absolute atomic E-state index is 12.9. The summed E-state index contributed by atoms with van der Waals surface area (Å²) in [5.41, 5.74) is 0. The largest absolute Gasteiger partial charge is 0.462 e. The van der Waals surface area contributed by atoms with Crippen LogP contribution in [0.4, 0.5) is 0 Å². The molecule has 0 aromatic heterocycles. The van der Waals surface area contributed by atoms with E-state index in [1.807, 2.05) is 0 Å². The van der Waals surface area contributed by atoms with Crippen molar-refractivity contribution in [1.29, 1.82) is 0 Å². The molecule has 0 fully saturated rings. The third-order valence-corrected chi connectivity index (χ3v) is 15.3. The van der Waals surface area contributed by atoms with Crippen molar-refractivity contribution in [2.24, 2.45) is 11.8 Å². The Hall–Kier alpha value is -1.59. The van der Waals surface area contributed by atoms with Crippen molar-refractivity contribution in [3.05, 3.63) is 0 Å². The van der Waals surface area contributed by atoms with E-state index in [-0.39, 0.29) is 31.1 Å². The van der Waals surface area contributed by atoms with Crippen molar-refractivity contribution >= 4 is 17.9 Å². The van der Waals surface area contributed by atoms with Gasteiger partial charge in [-0.2, -0.15) is 0 Å². The van der Waals surface area contributed by atoms with E-state index in [0.29, 0.717) is 19.3 Å². The molecule has 0 bridgehead atoms. The summed E-state index contributed by atoms with van der Waals surface area (Å²) >= 11 is 0. The molecule has 2 atom stereocenters. The molecule has 0 aromatic rings. The van der Waals surface area contributed by atoms with Crippen LogP contribution in [0.2, 0.25) is 0 Å². The monoisotopic (exact) mass is 1000 g/mol. The standard InChI is InChI=1S/C65H126O6/c1-6-8-9-10-11-12-13-14-19-26-32-37-42-47-52-57-65(68)71-62(59-70-64(67)56-51-46-41-36-31-27-22-23-28-33-38-43-48-53-60(3)4)58-69-63(66)55-50-45-40-35-30-25-21-18-16-15-17-20-24-29-34-39-44-49-54-61(5)7-2/h60-62H,6-59H2,1-5H3/t61?,62-/m0/s1. The van der Waals surface area contributed by atoms with Gasteiger partial charge in [0, 0.05) is 19.3 Å². The molecule has 422 valence electrons. The number of unbranched alkanes of at least 4 members (excludes halogenated alkanes) is 43. The third-order valence-electron chi connectivity index (χ3n) is 15.3. The van der Waals surface area contributed by atoms with Crippen molar-refractivity contribution < 1.29 is 28.6 Å². The fourth-order valence-corrected chi connectivity index (χ4v) is 10.1. The molecule has 0 N–H and O–H groups in total. The minimum atomic E-state index is -0.763. The summed E-state index contributed by atoms with van der Waals surface area (Å²) in [6.07, 6.45) is 63.8. The highest BCUT2D eigenvalue weighted by atomic mass is 16.6. The van der Waals surface area contributed by atoms with Gasteiger partial charge in [-0.05, 0) is 31.1 Å². The molecule has 0 aromatic carbocycles. The molecule has 1 unspecified atom stereocenters. The fourth-order valence-electron chi connectivity index (χ4n) is 10.1. The molecule has 6 nitrogen and oxygen atoms in total. The van der Waals surface area contributed by atoms with Crippen molar-refractivity contribution in [3.8, 4) is 0 Å². The molecule has 0 radical (unpaired) electrons. The third kappa shape index (κ3) is 57.5. The average molecular weight is 1000 g/mol. The van der Waals surface area contributed by atoms with E-state index in [0.717, 1.165) is 69.6 Å². The Morgan fingerprint density at radius 3 is 0.803 bits per heavy atom. The summed E-state index contributed by atoms with van der Waals surface area (Å²) in [7, 11) is 0. The van der Waals surface area contributed by atoms with Crippen molar-refractivity contribution in [2.75, 3.05) is 13.2 Å². The molecule has 0 rings (SSSR count). The number of hydrogen-bond donors (Lipinski definition) is 0. The lowest BCUT2D eigenvalue weighted by atomic mass is 9.99. The van der Waals surface area contributed by atoms with Gasteiger partial charge >= 0.3 is 17.9 Å². The summed E-state index contributed by atoms with van der Waals surface area (Å²) in [4.78, 5) is 38.3. The van der Waals surface area contributed by atoms with E-state index in [1.165, 1.54) is 257 Å². The Morgan fingerprint density at radius 1 is 0.296 bits per heavy atom. The van der Waals surface area contributed by atoms with E-state index >= 15 is 0 Å². The molecule has 0 aliphatic carbocycles. The van der Waals surface area contributed by atoms with E-state index < -0.39 is 6.10 Å². The van der Waals surface area contributed by atoms with Crippen LogP contribution < -0.4 is 0 Å². The minimum Gasteiger partial charge on any atom is -0.462 e. The molecule has 0 heterocycles. The van der Waals surface area contributed by atoms with Crippen LogP contribution in [0.3, 0.4) is 0 Å². The Labute approximate surface area is 444 Å². The predicted molar refractivity (Wildman–Crippen MR) is 307 cm³/mol. The zero-order valence-corrected chi connectivity index (χ0v) is 48.9. The van der Waals surface area contributed by atoms with Gasteiger partial charge in [-0.15, -0.1) is 0 Å². The highest BCUT2D eigenvalue weighted by Crippen LogP contribution is 2.19. The second kappa shape index (κ2) is 57.7. The molecular formula is C65H126O6. The summed E-state index contributed by atoms with van der Waals surface area (Å²) in [6, 6.07) is 0. The maximum atomic E-state index is 12.9. The Balaban J connectivity index is 4.25. The lowest BCUT2D eigenvalue weighted by Gasteiger charge is -2.18. The lowest BCUT2D eigenvalue weighted by molar-refractivity contribution is -0.167. The Bertz CT molecular complexity index is 1090. The minimum absolute atomic E-state index is 0.0618. The highest BCUT2D eigenvalue weighted by Gasteiger charge is 2.19. The first-order valence-corrected chi connectivity index (χ1v) is 32.3. The van der Waals surface area contributed by atoms with Crippen LogP contribution in [-0.4, -0.2) is 37.2 Å². The summed E-state index contributed by atoms with van der Waals surface area (Å²) in [5.74, 6) is 0.919. The van der Waals surface area contributed by atoms with Crippen LogP contribution >= 0.6 is 0 Å². The zero-order chi connectivity index (χ0) is 51.8. The lowest BCUT2D eigenvalue weighted by Crippen LogP contribution is -2.30. The molecular weight excluding hydrogens is 877 g/mol. The van der Waals surface area contributed by atoms with E-state index in [2.05, 4.69) is 34.6 Å². The SMILES string of the molecule is CCCCCCCCCCCCCCCCCC(=O)O[C@@H](COC(=O)CCCCCCCCCCCCCCCCCCCCC(C)CC)COC(=O)CCCCCCCCCCCCCCCC(C)C. The van der Waals surface area contributed by atoms with Gasteiger partial charge in [0.25, 0.3) is 0 Å². The predicted octanol–water partition coefficient (Wildman–Crippen LogP) is 21.6. The Kier molecular flexibility index (Phi) is 56.4. The molecule has 0 spiro atoms. The molecule has 71 heavy (non-hydrogen) atoms. The normalized spacial score (nSPS) is 12.4. The topological polar surface area (TPSA) is 78.9 Å². The van der Waals surface area contributed by atoms with Gasteiger partial charge in [0.2, 0.25) is 0 Å². The van der Waals surface area contributed by atoms with Gasteiger partial charge < -0.3 is 14.2 Å². The number of carbonyl (C=O) groups excluding carboxylic acids is 3. The average Bonchev–Trinajstić information content (AvgIpc) is 3.36. The van der Waals surface area contributed by atoms with Gasteiger partial charge in [0.1, 0.15) is 13.2 Å². The maximum Gasteiger partial charge on any atom is 0.306 e. The van der Waals surface area contributed by atoms with E-state index in [1.54, 1.807) is 0 Å². The van der Waals surface area contributed by atoms with Crippen LogP contribution in [0, 0.1) is 11.8 Å². The van der Waals surface area contributed by atoms with Gasteiger partial charge in [-0.25, -0.2) is 0 Å². The van der Waals surface area contributed by atoms with Crippen LogP contribution in [0.25, 0.3) is 0 Å². The molecule has 0 amide bonds. The van der Waals surface area contributed by atoms with Crippen molar-refractivity contribution in [2.45, 2.75) is 375 Å². The molecule has 0 aliphatic heterocycles. The molecule has 0 saturated heterocycles. The van der Waals surface area contributed by atoms with Crippen molar-refractivity contribution in [3.63, 3.8) is 0 Å². The fraction of sp³-hybridized carbons (Fsp3) is 0.954. The first-order chi connectivity index (χ1) is 34.8. The first kappa shape index (κ1) is 69.4. The number of carbonyl (C=O) groups is 3. The molecule has 0 saturated carbocycles. The van der Waals surface area contributed by atoms with Gasteiger partial charge in [0.15, 0.2) is 6.10 Å². The van der Waals surface area contributed by atoms with Crippen LogP contribution in [0.15, 0.2) is 0 Å². The number of hydrogen-bond acceptors (Lipinski definition) is 6. The zero-order valence-electron chi connectivity index (χ0n) is 48.9. The number of rotatable bonds is 59. The van der Waals surface area contributed by atoms with E-state index in [4.69, 9.17) is 14.2 Å². The van der Waals surface area contributed by atoms with Crippen molar-refractivity contribution in [1.82, 2.24) is 0 Å². The quantitative estimate of drug-likeness (QED) is 0.0343. The van der Waals surface area contributed by atoms with Crippen LogP contribution in [0.5, 0.6) is 0 Å². The van der Waals surface area contributed by atoms with Gasteiger partial charge in [-0.1, -0.05) is 330 Å². The summed E-state index contributed by atoms with van der Waals surface area (Å²) in [5, 5.41) is 0. The number of ether oxygens (including phenoxy) is 3. The van der Waals surface area contributed by atoms with Crippen LogP contribution in [0.1, 0.15) is 369 Å². The summed E-state index contributed by atoms with van der Waals surface area (Å²) in [6.45, 7) is 11.5. The smallest absolute Gasteiger partial charge is 0.306 e. The van der Waals surface area contributed by atoms with Crippen LogP contribution in [-0.2, 0) is 28.6 Å². The summed E-state index contributed by atoms with van der Waals surface area (Å²) < 4.78 is 17.0. The van der Waals surface area contributed by atoms with Gasteiger partial charge in [0.05, 0.1) is 0 Å². The first-order valence-electron chi connectivity index (χ1n) is 32.3. The highest BCUT2D eigenvalue weighted by molar-refractivity contribution is 5.71. The number of esters is 3. The van der Waals surface area contributed by atoms with E-state index in [9.17, 15) is 14.4 Å².